The van der Waals surface area contributed by atoms with Crippen LogP contribution in [0.15, 0.2) is 0 Å². The molecule has 80 valence electrons. The van der Waals surface area contributed by atoms with Crippen LogP contribution in [0, 0.1) is 0 Å². The Morgan fingerprint density at radius 3 is 2.50 bits per heavy atom. The average Bonchev–Trinajstić information content (AvgIpc) is 2.17. The Morgan fingerprint density at radius 1 is 1.43 bits per heavy atom. The van der Waals surface area contributed by atoms with E-state index in [-0.39, 0.29) is 12.6 Å². The molecule has 1 fully saturated rings. The Bertz CT molecular complexity index is 226. The van der Waals surface area contributed by atoms with Crippen LogP contribution in [0.3, 0.4) is 0 Å². The highest BCUT2D eigenvalue weighted by Gasteiger charge is 2.20. The van der Waals surface area contributed by atoms with Crippen molar-refractivity contribution in [2.24, 2.45) is 5.73 Å². The fourth-order valence-corrected chi connectivity index (χ4v) is 1.30. The van der Waals surface area contributed by atoms with Crippen molar-refractivity contribution in [1.82, 2.24) is 9.80 Å². The second-order valence-electron chi connectivity index (χ2n) is 3.20. The van der Waals surface area contributed by atoms with Gasteiger partial charge in [-0.2, -0.15) is 0 Å². The first-order chi connectivity index (χ1) is 6.61. The van der Waals surface area contributed by atoms with Gasteiger partial charge < -0.3 is 20.3 Å². The quantitative estimate of drug-likeness (QED) is 0.613. The van der Waals surface area contributed by atoms with Crippen LogP contribution in [0.25, 0.3) is 0 Å². The summed E-state index contributed by atoms with van der Waals surface area (Å²) in [5, 5.41) is 0. The molecular formula is C8H15N3O3. The molecule has 2 N–H and O–H groups in total. The third kappa shape index (κ3) is 2.88. The molecule has 0 bridgehead atoms. The molecule has 0 radical (unpaired) electrons. The predicted octanol–water partition coefficient (Wildman–Crippen LogP) is -1.14. The second-order valence-corrected chi connectivity index (χ2v) is 3.20. The zero-order chi connectivity index (χ0) is 10.6. The summed E-state index contributed by atoms with van der Waals surface area (Å²) in [7, 11) is 1.56. The van der Waals surface area contributed by atoms with E-state index in [9.17, 15) is 9.59 Å². The summed E-state index contributed by atoms with van der Waals surface area (Å²) in [5.41, 5.74) is 4.98. The van der Waals surface area contributed by atoms with Gasteiger partial charge in [0.25, 0.3) is 0 Å². The SMILES string of the molecule is CN(CC(N)=O)C(=O)N1CCOCC1. The third-order valence-corrected chi connectivity index (χ3v) is 2.00. The number of ether oxygens (including phenoxy) is 1. The molecule has 0 saturated carbocycles. The lowest BCUT2D eigenvalue weighted by atomic mass is 10.4. The van der Waals surface area contributed by atoms with E-state index in [4.69, 9.17) is 10.5 Å². The molecule has 1 heterocycles. The number of hydrogen-bond acceptors (Lipinski definition) is 3. The Balaban J connectivity index is 2.42. The number of nitrogens with zero attached hydrogens (tertiary/aromatic N) is 2. The summed E-state index contributed by atoms with van der Waals surface area (Å²) in [5.74, 6) is -0.505. The van der Waals surface area contributed by atoms with Crippen molar-refractivity contribution >= 4 is 11.9 Å². The van der Waals surface area contributed by atoms with E-state index in [2.05, 4.69) is 0 Å². The fourth-order valence-electron chi connectivity index (χ4n) is 1.30. The second kappa shape index (κ2) is 4.80. The van der Waals surface area contributed by atoms with Gasteiger partial charge >= 0.3 is 6.03 Å². The van der Waals surface area contributed by atoms with Gasteiger partial charge in [0.1, 0.15) is 6.54 Å². The minimum atomic E-state index is -0.505. The summed E-state index contributed by atoms with van der Waals surface area (Å²) in [6.07, 6.45) is 0. The lowest BCUT2D eigenvalue weighted by molar-refractivity contribution is -0.118. The third-order valence-electron chi connectivity index (χ3n) is 2.00. The Labute approximate surface area is 82.6 Å². The maximum absolute atomic E-state index is 11.6. The van der Waals surface area contributed by atoms with Gasteiger partial charge in [-0.05, 0) is 0 Å². The van der Waals surface area contributed by atoms with Crippen LogP contribution in [0.2, 0.25) is 0 Å². The van der Waals surface area contributed by atoms with Crippen LogP contribution in [0.1, 0.15) is 0 Å². The number of hydrogen-bond donors (Lipinski definition) is 1. The van der Waals surface area contributed by atoms with Crippen molar-refractivity contribution in [3.05, 3.63) is 0 Å². The van der Waals surface area contributed by atoms with Crippen molar-refractivity contribution in [1.29, 1.82) is 0 Å². The van der Waals surface area contributed by atoms with E-state index in [1.807, 2.05) is 0 Å². The number of urea groups is 1. The van der Waals surface area contributed by atoms with Crippen LogP contribution < -0.4 is 5.73 Å². The zero-order valence-corrected chi connectivity index (χ0v) is 8.23. The van der Waals surface area contributed by atoms with Crippen molar-refractivity contribution < 1.29 is 14.3 Å². The topological polar surface area (TPSA) is 75.9 Å². The van der Waals surface area contributed by atoms with Gasteiger partial charge in [0.2, 0.25) is 5.91 Å². The molecule has 1 aliphatic heterocycles. The number of rotatable bonds is 2. The lowest BCUT2D eigenvalue weighted by Gasteiger charge is -2.30. The highest BCUT2D eigenvalue weighted by molar-refractivity contribution is 5.82. The summed E-state index contributed by atoms with van der Waals surface area (Å²) in [6.45, 7) is 2.20. The number of amides is 3. The molecule has 1 rings (SSSR count). The summed E-state index contributed by atoms with van der Waals surface area (Å²) >= 11 is 0. The highest BCUT2D eigenvalue weighted by Crippen LogP contribution is 2.01. The normalized spacial score (nSPS) is 16.5. The zero-order valence-electron chi connectivity index (χ0n) is 8.23. The molecule has 6 heteroatoms. The first-order valence-electron chi connectivity index (χ1n) is 4.47. The Hall–Kier alpha value is -1.30. The molecule has 6 nitrogen and oxygen atoms in total. The number of primary amides is 1. The Morgan fingerprint density at radius 2 is 2.00 bits per heavy atom. The van der Waals surface area contributed by atoms with E-state index in [1.54, 1.807) is 11.9 Å². The van der Waals surface area contributed by atoms with Gasteiger partial charge in [0.15, 0.2) is 0 Å². The Kier molecular flexibility index (Phi) is 3.70. The maximum atomic E-state index is 11.6. The van der Waals surface area contributed by atoms with Gasteiger partial charge in [-0.15, -0.1) is 0 Å². The van der Waals surface area contributed by atoms with Gasteiger partial charge in [0, 0.05) is 20.1 Å². The van der Waals surface area contributed by atoms with E-state index in [0.29, 0.717) is 26.3 Å². The molecule has 0 aromatic rings. The minimum Gasteiger partial charge on any atom is -0.378 e. The highest BCUT2D eigenvalue weighted by atomic mass is 16.5. The van der Waals surface area contributed by atoms with Gasteiger partial charge in [0.05, 0.1) is 13.2 Å². The van der Waals surface area contributed by atoms with Crippen LogP contribution in [-0.2, 0) is 9.53 Å². The van der Waals surface area contributed by atoms with E-state index >= 15 is 0 Å². The summed E-state index contributed by atoms with van der Waals surface area (Å²) in [4.78, 5) is 25.2. The molecule has 1 saturated heterocycles. The average molecular weight is 201 g/mol. The monoisotopic (exact) mass is 201 g/mol. The van der Waals surface area contributed by atoms with E-state index < -0.39 is 5.91 Å². The molecule has 0 aromatic carbocycles. The van der Waals surface area contributed by atoms with Gasteiger partial charge in [-0.3, -0.25) is 4.79 Å². The summed E-state index contributed by atoms with van der Waals surface area (Å²) in [6, 6.07) is -0.174. The summed E-state index contributed by atoms with van der Waals surface area (Å²) < 4.78 is 5.11. The van der Waals surface area contributed by atoms with Gasteiger partial charge in [-0.25, -0.2) is 4.79 Å². The van der Waals surface area contributed by atoms with Crippen molar-refractivity contribution in [3.8, 4) is 0 Å². The predicted molar refractivity (Wildman–Crippen MR) is 49.6 cm³/mol. The molecule has 3 amide bonds. The smallest absolute Gasteiger partial charge is 0.320 e. The van der Waals surface area contributed by atoms with Crippen molar-refractivity contribution in [3.63, 3.8) is 0 Å². The van der Waals surface area contributed by atoms with E-state index in [1.165, 1.54) is 4.90 Å². The first-order valence-corrected chi connectivity index (χ1v) is 4.47. The van der Waals surface area contributed by atoms with Crippen LogP contribution >= 0.6 is 0 Å². The number of carbonyl (C=O) groups excluding carboxylic acids is 2. The largest absolute Gasteiger partial charge is 0.378 e. The number of carbonyl (C=O) groups is 2. The minimum absolute atomic E-state index is 0.0454. The number of morpholine rings is 1. The fraction of sp³-hybridized carbons (Fsp3) is 0.750. The van der Waals surface area contributed by atoms with Gasteiger partial charge in [-0.1, -0.05) is 0 Å². The van der Waals surface area contributed by atoms with E-state index in [0.717, 1.165) is 0 Å². The van der Waals surface area contributed by atoms with Crippen LogP contribution in [-0.4, -0.2) is 61.6 Å². The molecule has 14 heavy (non-hydrogen) atoms. The molecule has 0 aromatic heterocycles. The maximum Gasteiger partial charge on any atom is 0.320 e. The van der Waals surface area contributed by atoms with Crippen molar-refractivity contribution in [2.75, 3.05) is 39.9 Å². The number of likely N-dealkylation sites (N-methyl/N-ethyl adjacent to an activating group) is 1. The molecule has 0 aliphatic carbocycles. The first kappa shape index (κ1) is 10.8. The standard InChI is InChI=1S/C8H15N3O3/c1-10(6-7(9)12)8(13)11-2-4-14-5-3-11/h2-6H2,1H3,(H2,9,12). The van der Waals surface area contributed by atoms with Crippen molar-refractivity contribution in [2.45, 2.75) is 0 Å². The van der Waals surface area contributed by atoms with Crippen LogP contribution in [0.5, 0.6) is 0 Å². The number of nitrogens with two attached hydrogens (primary N) is 1. The molecule has 0 atom stereocenters. The lowest BCUT2D eigenvalue weighted by Crippen LogP contribution is -2.48. The molecular weight excluding hydrogens is 186 g/mol. The molecule has 0 spiro atoms. The molecule has 0 unspecified atom stereocenters. The molecule has 1 aliphatic rings. The van der Waals surface area contributed by atoms with Crippen LogP contribution in [0.4, 0.5) is 4.79 Å².